The van der Waals surface area contributed by atoms with Crippen LogP contribution in [0, 0.1) is 6.92 Å². The highest BCUT2D eigenvalue weighted by Gasteiger charge is 2.60. The molecular weight excluding hydrogens is 340 g/mol. The van der Waals surface area contributed by atoms with Crippen molar-refractivity contribution in [3.8, 4) is 0 Å². The molecule has 8 heteroatoms. The summed E-state index contributed by atoms with van der Waals surface area (Å²) in [6, 6.07) is 5.77. The predicted octanol–water partition coefficient (Wildman–Crippen LogP) is 1.91. The number of carbonyl (C=O) groups is 3. The molecule has 1 spiro atoms. The van der Waals surface area contributed by atoms with Crippen LogP contribution in [-0.4, -0.2) is 34.4 Å². The average molecular weight is 360 g/mol. The van der Waals surface area contributed by atoms with E-state index in [9.17, 15) is 14.4 Å². The molecule has 132 valence electrons. The fraction of sp³-hybridized carbons (Fsp3) is 0.412. The first kappa shape index (κ1) is 17.5. The highest BCUT2D eigenvalue weighted by atomic mass is 32.2. The van der Waals surface area contributed by atoms with Gasteiger partial charge in [0.1, 0.15) is 0 Å². The van der Waals surface area contributed by atoms with Gasteiger partial charge in [0.05, 0.1) is 5.69 Å². The lowest BCUT2D eigenvalue weighted by atomic mass is 10.0. The number of hydrazone groups is 1. The molecule has 0 fully saturated rings. The molecule has 25 heavy (non-hydrogen) atoms. The third kappa shape index (κ3) is 2.60. The van der Waals surface area contributed by atoms with E-state index in [-0.39, 0.29) is 22.9 Å². The zero-order valence-corrected chi connectivity index (χ0v) is 15.4. The largest absolute Gasteiger partial charge is 0.309 e. The minimum Gasteiger partial charge on any atom is -0.309 e. The Morgan fingerprint density at radius 3 is 2.64 bits per heavy atom. The Labute approximate surface area is 150 Å². The van der Waals surface area contributed by atoms with E-state index in [4.69, 9.17) is 0 Å². The summed E-state index contributed by atoms with van der Waals surface area (Å²) in [4.78, 5) is 37.5. The van der Waals surface area contributed by atoms with Crippen molar-refractivity contribution in [1.82, 2.24) is 10.3 Å². The maximum atomic E-state index is 13.4. The predicted molar refractivity (Wildman–Crippen MR) is 96.9 cm³/mol. The van der Waals surface area contributed by atoms with Gasteiger partial charge in [-0.15, -0.1) is 5.10 Å². The van der Waals surface area contributed by atoms with Gasteiger partial charge < -0.3 is 10.2 Å². The number of hydrogen-bond acceptors (Lipinski definition) is 5. The first-order valence-electron chi connectivity index (χ1n) is 8.10. The summed E-state index contributed by atoms with van der Waals surface area (Å²) in [6.07, 6.45) is 0.791. The summed E-state index contributed by atoms with van der Waals surface area (Å²) in [6.45, 7) is 7.22. The van der Waals surface area contributed by atoms with Gasteiger partial charge in [-0.3, -0.25) is 14.4 Å². The second-order valence-corrected chi connectivity index (χ2v) is 7.32. The molecule has 0 unspecified atom stereocenters. The van der Waals surface area contributed by atoms with Crippen molar-refractivity contribution in [1.29, 1.82) is 0 Å². The number of hydrogen-bond donors (Lipinski definition) is 1. The summed E-state index contributed by atoms with van der Waals surface area (Å²) in [5.74, 6) is -0.863. The normalized spacial score (nSPS) is 21.6. The summed E-state index contributed by atoms with van der Waals surface area (Å²) < 4.78 is 0. The minimum atomic E-state index is -1.29. The Bertz CT molecular complexity index is 807. The Balaban J connectivity index is 2.17. The third-order valence-electron chi connectivity index (χ3n) is 4.10. The smallest absolute Gasteiger partial charge is 0.270 e. The number of benzene rings is 1. The van der Waals surface area contributed by atoms with E-state index in [0.29, 0.717) is 6.54 Å². The van der Waals surface area contributed by atoms with Crippen LogP contribution in [0.3, 0.4) is 0 Å². The van der Waals surface area contributed by atoms with Crippen LogP contribution >= 0.6 is 11.8 Å². The van der Waals surface area contributed by atoms with Gasteiger partial charge in [-0.2, -0.15) is 5.01 Å². The minimum absolute atomic E-state index is 0.209. The Hall–Kier alpha value is -2.35. The van der Waals surface area contributed by atoms with Crippen LogP contribution in [0.15, 0.2) is 23.3 Å². The van der Waals surface area contributed by atoms with E-state index in [1.54, 1.807) is 4.90 Å². The first-order chi connectivity index (χ1) is 11.8. The maximum Gasteiger partial charge on any atom is 0.270 e. The molecule has 7 nitrogen and oxygen atoms in total. The van der Waals surface area contributed by atoms with Crippen LogP contribution in [0.4, 0.5) is 5.69 Å². The van der Waals surface area contributed by atoms with Gasteiger partial charge in [0, 0.05) is 26.0 Å². The van der Waals surface area contributed by atoms with E-state index >= 15 is 0 Å². The fourth-order valence-corrected chi connectivity index (χ4v) is 4.50. The standard InChI is InChI=1S/C17H20N4O3S/c1-5-8-20-14-7-6-10(2)9-13(14)17(15(20)24)21(12(4)23)19-16(25-17)18-11(3)22/h6-7,9H,5,8H2,1-4H3,(H,18,19,22)/t17-/m1/s1. The monoisotopic (exact) mass is 360 g/mol. The molecule has 1 atom stereocenters. The van der Waals surface area contributed by atoms with E-state index in [2.05, 4.69) is 10.4 Å². The molecule has 0 saturated heterocycles. The molecule has 1 aromatic rings. The van der Waals surface area contributed by atoms with Gasteiger partial charge in [-0.1, -0.05) is 24.6 Å². The Morgan fingerprint density at radius 1 is 1.32 bits per heavy atom. The quantitative estimate of drug-likeness (QED) is 0.873. The van der Waals surface area contributed by atoms with Crippen molar-refractivity contribution in [2.24, 2.45) is 5.10 Å². The average Bonchev–Trinajstić information content (AvgIpc) is 3.00. The topological polar surface area (TPSA) is 82.1 Å². The maximum absolute atomic E-state index is 13.4. The van der Waals surface area contributed by atoms with Crippen molar-refractivity contribution in [3.63, 3.8) is 0 Å². The molecule has 0 aliphatic carbocycles. The van der Waals surface area contributed by atoms with Crippen LogP contribution in [0.1, 0.15) is 38.3 Å². The molecule has 3 amide bonds. The van der Waals surface area contributed by atoms with Gasteiger partial charge in [0.25, 0.3) is 5.91 Å². The highest BCUT2D eigenvalue weighted by molar-refractivity contribution is 8.15. The van der Waals surface area contributed by atoms with E-state index in [0.717, 1.165) is 35.0 Å². The Kier molecular flexibility index (Phi) is 4.32. The number of anilines is 1. The second kappa shape index (κ2) is 6.18. The molecule has 2 aliphatic rings. The lowest BCUT2D eigenvalue weighted by Gasteiger charge is -2.29. The van der Waals surface area contributed by atoms with Crippen LogP contribution in [0.5, 0.6) is 0 Å². The van der Waals surface area contributed by atoms with Gasteiger partial charge in [-0.25, -0.2) is 0 Å². The zero-order valence-electron chi connectivity index (χ0n) is 14.6. The summed E-state index contributed by atoms with van der Waals surface area (Å²) in [5, 5.41) is 8.27. The van der Waals surface area contributed by atoms with Gasteiger partial charge in [0.2, 0.25) is 16.7 Å². The number of aryl methyl sites for hydroxylation is 1. The van der Waals surface area contributed by atoms with Gasteiger partial charge >= 0.3 is 0 Å². The van der Waals surface area contributed by atoms with Crippen LogP contribution in [0.25, 0.3) is 0 Å². The number of amides is 3. The van der Waals surface area contributed by atoms with Crippen LogP contribution in [-0.2, 0) is 19.3 Å². The number of carbonyl (C=O) groups excluding carboxylic acids is 3. The molecular formula is C17H20N4O3S. The van der Waals surface area contributed by atoms with Crippen molar-refractivity contribution < 1.29 is 14.4 Å². The number of rotatable bonds is 2. The highest BCUT2D eigenvalue weighted by Crippen LogP contribution is 2.54. The van der Waals surface area contributed by atoms with E-state index in [1.165, 1.54) is 18.9 Å². The SMILES string of the molecule is CCCN1C(=O)[C@]2(SC(NC(C)=O)=NN2C(C)=O)c2cc(C)ccc21. The molecule has 0 saturated carbocycles. The number of nitrogens with one attached hydrogen (secondary N) is 1. The van der Waals surface area contributed by atoms with Crippen molar-refractivity contribution in [3.05, 3.63) is 29.3 Å². The summed E-state index contributed by atoms with van der Waals surface area (Å²) in [5.41, 5.74) is 2.51. The molecule has 2 heterocycles. The molecule has 2 aliphatic heterocycles. The zero-order chi connectivity index (χ0) is 18.4. The number of fused-ring (bicyclic) bond motifs is 2. The molecule has 3 rings (SSSR count). The van der Waals surface area contributed by atoms with Crippen LogP contribution < -0.4 is 10.2 Å². The van der Waals surface area contributed by atoms with Crippen molar-refractivity contribution >= 4 is 40.3 Å². The summed E-state index contributed by atoms with van der Waals surface area (Å²) in [7, 11) is 0. The second-order valence-electron chi connectivity index (χ2n) is 6.14. The molecule has 1 N–H and O–H groups in total. The number of thioether (sulfide) groups is 1. The molecule has 0 bridgehead atoms. The van der Waals surface area contributed by atoms with Crippen LogP contribution in [0.2, 0.25) is 0 Å². The van der Waals surface area contributed by atoms with E-state index < -0.39 is 4.87 Å². The lowest BCUT2D eigenvalue weighted by Crippen LogP contribution is -2.48. The molecule has 0 radical (unpaired) electrons. The van der Waals surface area contributed by atoms with E-state index in [1.807, 2.05) is 32.0 Å². The number of nitrogens with zero attached hydrogens (tertiary/aromatic N) is 3. The molecule has 1 aromatic carbocycles. The fourth-order valence-electron chi connectivity index (χ4n) is 3.17. The first-order valence-corrected chi connectivity index (χ1v) is 8.92. The van der Waals surface area contributed by atoms with Crippen molar-refractivity contribution in [2.75, 3.05) is 11.4 Å². The lowest BCUT2D eigenvalue weighted by molar-refractivity contribution is -0.139. The third-order valence-corrected chi connectivity index (χ3v) is 5.34. The molecule has 0 aromatic heterocycles. The summed E-state index contributed by atoms with van der Waals surface area (Å²) >= 11 is 1.11. The number of amidine groups is 1. The van der Waals surface area contributed by atoms with Crippen molar-refractivity contribution in [2.45, 2.75) is 39.0 Å². The van der Waals surface area contributed by atoms with Gasteiger partial charge in [-0.05, 0) is 31.2 Å². The van der Waals surface area contributed by atoms with Gasteiger partial charge in [0.15, 0.2) is 5.17 Å². The Morgan fingerprint density at radius 2 is 2.04 bits per heavy atom.